The molecule has 7 nitrogen and oxygen atoms in total. The molecule has 2 unspecified atom stereocenters. The molecule has 34 heavy (non-hydrogen) atoms. The number of benzene rings is 1. The molecule has 0 bridgehead atoms. The molecule has 3 rings (SSSR count). The van der Waals surface area contributed by atoms with Crippen LogP contribution in [0.4, 0.5) is 10.6 Å². The summed E-state index contributed by atoms with van der Waals surface area (Å²) in [4.78, 5) is 21.7. The quantitative estimate of drug-likeness (QED) is 0.490. The molecule has 7 heteroatoms. The maximum Gasteiger partial charge on any atom is 0.408 e. The summed E-state index contributed by atoms with van der Waals surface area (Å²) in [5.41, 5.74) is 10.2. The highest BCUT2D eigenvalue weighted by Gasteiger charge is 2.27. The second-order valence-electron chi connectivity index (χ2n) is 10.4. The Hall–Kier alpha value is -2.96. The summed E-state index contributed by atoms with van der Waals surface area (Å²) in [6.07, 6.45) is 6.75. The van der Waals surface area contributed by atoms with Crippen LogP contribution in [0.3, 0.4) is 0 Å². The summed E-state index contributed by atoms with van der Waals surface area (Å²) in [6.45, 7) is 9.80. The lowest BCUT2D eigenvalue weighted by Gasteiger charge is -2.29. The van der Waals surface area contributed by atoms with Crippen LogP contribution in [0.15, 0.2) is 24.3 Å². The molecule has 3 atom stereocenters. The van der Waals surface area contributed by atoms with Gasteiger partial charge in [0.05, 0.1) is 17.4 Å². The van der Waals surface area contributed by atoms with E-state index >= 15 is 0 Å². The topological polar surface area (TPSA) is 114 Å². The van der Waals surface area contributed by atoms with Crippen molar-refractivity contribution in [3.05, 3.63) is 52.5 Å². The summed E-state index contributed by atoms with van der Waals surface area (Å²) in [5.74, 6) is 0.963. The van der Waals surface area contributed by atoms with Crippen molar-refractivity contribution in [3.63, 3.8) is 0 Å². The Kier molecular flexibility index (Phi) is 8.28. The van der Waals surface area contributed by atoms with Crippen LogP contribution in [0, 0.1) is 18.3 Å². The highest BCUT2D eigenvalue weighted by molar-refractivity contribution is 5.80. The van der Waals surface area contributed by atoms with Crippen LogP contribution in [0.2, 0.25) is 0 Å². The fraction of sp³-hybridized carbons (Fsp3) is 0.556. The van der Waals surface area contributed by atoms with Gasteiger partial charge in [-0.25, -0.2) is 14.8 Å². The number of anilines is 1. The number of rotatable bonds is 4. The Labute approximate surface area is 203 Å². The number of aryl methyl sites for hydroxylation is 2. The van der Waals surface area contributed by atoms with Gasteiger partial charge in [-0.15, -0.1) is 0 Å². The van der Waals surface area contributed by atoms with Crippen LogP contribution in [-0.4, -0.2) is 27.9 Å². The van der Waals surface area contributed by atoms with Crippen molar-refractivity contribution in [2.24, 2.45) is 5.92 Å². The maximum atomic E-state index is 12.6. The average Bonchev–Trinajstić information content (AvgIpc) is 2.77. The number of nitrogens with two attached hydrogens (primary N) is 1. The lowest BCUT2D eigenvalue weighted by Crippen LogP contribution is -2.35. The van der Waals surface area contributed by atoms with E-state index in [1.807, 2.05) is 33.8 Å². The monoisotopic (exact) mass is 465 g/mol. The number of nitrogen functional groups attached to an aromatic ring is 1. The van der Waals surface area contributed by atoms with Gasteiger partial charge in [0.2, 0.25) is 0 Å². The third-order valence-corrected chi connectivity index (χ3v) is 6.65. The van der Waals surface area contributed by atoms with Crippen LogP contribution in [0.5, 0.6) is 0 Å². The number of hydrogen-bond donors (Lipinski definition) is 3. The van der Waals surface area contributed by atoms with Gasteiger partial charge in [0.1, 0.15) is 11.3 Å². The first-order valence-electron chi connectivity index (χ1n) is 12.3. The Morgan fingerprint density at radius 2 is 1.91 bits per heavy atom. The molecule has 0 fully saturated rings. The zero-order valence-electron chi connectivity index (χ0n) is 21.1. The summed E-state index contributed by atoms with van der Waals surface area (Å²) < 4.78 is 5.55. The van der Waals surface area contributed by atoms with Crippen LogP contribution in [0.1, 0.15) is 100.0 Å². The van der Waals surface area contributed by atoms with Crippen LogP contribution < -0.4 is 11.1 Å². The van der Waals surface area contributed by atoms with E-state index in [1.165, 1.54) is 11.1 Å². The number of carbonyl (C=O) groups is 1. The molecule has 2 aromatic rings. The number of aromatic nitrogens is 2. The van der Waals surface area contributed by atoms with Crippen molar-refractivity contribution in [1.29, 1.82) is 5.41 Å². The van der Waals surface area contributed by atoms with E-state index in [4.69, 9.17) is 15.9 Å². The van der Waals surface area contributed by atoms with Crippen LogP contribution in [-0.2, 0) is 11.2 Å². The number of ether oxygens (including phenoxy) is 1. The third kappa shape index (κ3) is 6.55. The Morgan fingerprint density at radius 1 is 1.21 bits per heavy atom. The molecule has 0 saturated carbocycles. The van der Waals surface area contributed by atoms with Gasteiger partial charge < -0.3 is 21.2 Å². The van der Waals surface area contributed by atoms with E-state index in [1.54, 1.807) is 0 Å². The minimum atomic E-state index is -0.534. The molecule has 1 aromatic carbocycles. The number of fused-ring (bicyclic) bond motifs is 1. The second-order valence-corrected chi connectivity index (χ2v) is 10.4. The highest BCUT2D eigenvalue weighted by atomic mass is 16.6. The molecule has 1 aliphatic rings. The van der Waals surface area contributed by atoms with Gasteiger partial charge >= 0.3 is 6.09 Å². The normalized spacial score (nSPS) is 20.0. The highest BCUT2D eigenvalue weighted by Crippen LogP contribution is 2.36. The molecule has 0 radical (unpaired) electrons. The standard InChI is InChI=1S/C27H39N5O2/c1-17(24-18(2)30-23(16-28)25(29)32-24)19-11-8-13-20-10-6-7-14-21(20)22(15-9-12-19)31-26(33)34-27(3,4)5/h6-7,10,14,16-17,19,22,28H,8-9,11-13,15H2,1-5H3,(H2,29,32)(H,31,33)/t17?,19?,22-/m0/s1. The number of nitrogens with zero attached hydrogens (tertiary/aromatic N) is 2. The van der Waals surface area contributed by atoms with Gasteiger partial charge in [-0.1, -0.05) is 37.6 Å². The predicted molar refractivity (Wildman–Crippen MR) is 136 cm³/mol. The third-order valence-electron chi connectivity index (χ3n) is 6.65. The van der Waals surface area contributed by atoms with E-state index in [0.29, 0.717) is 17.4 Å². The number of amides is 1. The number of alkyl carbamates (subject to hydrolysis) is 1. The fourth-order valence-corrected chi connectivity index (χ4v) is 4.96. The summed E-state index contributed by atoms with van der Waals surface area (Å²) >= 11 is 0. The Balaban J connectivity index is 1.80. The van der Waals surface area contributed by atoms with Gasteiger partial charge in [0.15, 0.2) is 5.82 Å². The van der Waals surface area contributed by atoms with Crippen molar-refractivity contribution in [3.8, 4) is 0 Å². The van der Waals surface area contributed by atoms with E-state index in [2.05, 4.69) is 40.4 Å². The molecule has 0 spiro atoms. The molecule has 0 saturated heterocycles. The molecule has 1 heterocycles. The predicted octanol–water partition coefficient (Wildman–Crippen LogP) is 5.86. The summed E-state index contributed by atoms with van der Waals surface area (Å²) in [5, 5.41) is 10.6. The van der Waals surface area contributed by atoms with E-state index in [0.717, 1.165) is 56.1 Å². The molecular weight excluding hydrogens is 426 g/mol. The van der Waals surface area contributed by atoms with Crippen molar-refractivity contribution in [1.82, 2.24) is 15.3 Å². The molecule has 1 aliphatic carbocycles. The first-order chi connectivity index (χ1) is 16.1. The zero-order chi connectivity index (χ0) is 24.9. The number of hydrogen-bond acceptors (Lipinski definition) is 6. The largest absolute Gasteiger partial charge is 0.444 e. The first-order valence-corrected chi connectivity index (χ1v) is 12.3. The van der Waals surface area contributed by atoms with E-state index < -0.39 is 5.60 Å². The molecule has 0 aliphatic heterocycles. The fourth-order valence-electron chi connectivity index (χ4n) is 4.96. The second kappa shape index (κ2) is 11.0. The molecule has 1 aromatic heterocycles. The van der Waals surface area contributed by atoms with Gasteiger partial charge in [-0.05, 0) is 76.8 Å². The summed E-state index contributed by atoms with van der Waals surface area (Å²) in [7, 11) is 0. The van der Waals surface area contributed by atoms with Gasteiger partial charge in [0.25, 0.3) is 0 Å². The zero-order valence-corrected chi connectivity index (χ0v) is 21.1. The van der Waals surface area contributed by atoms with Crippen molar-refractivity contribution in [2.75, 3.05) is 5.73 Å². The Bertz CT molecular complexity index is 1010. The van der Waals surface area contributed by atoms with Gasteiger partial charge in [-0.3, -0.25) is 0 Å². The lowest BCUT2D eigenvalue weighted by molar-refractivity contribution is 0.0499. The average molecular weight is 466 g/mol. The van der Waals surface area contributed by atoms with E-state index in [-0.39, 0.29) is 18.1 Å². The minimum Gasteiger partial charge on any atom is -0.444 e. The van der Waals surface area contributed by atoms with Crippen LogP contribution in [0.25, 0.3) is 0 Å². The molecular formula is C27H39N5O2. The first kappa shape index (κ1) is 25.7. The smallest absolute Gasteiger partial charge is 0.408 e. The molecule has 1 amide bonds. The Morgan fingerprint density at radius 3 is 2.62 bits per heavy atom. The lowest BCUT2D eigenvalue weighted by atomic mass is 9.80. The SMILES string of the molecule is Cc1nc(C=N)c(N)nc1C(C)C1CCCc2ccccc2[C@@H](NC(=O)OC(C)(C)C)CCC1. The van der Waals surface area contributed by atoms with Crippen molar-refractivity contribution < 1.29 is 9.53 Å². The molecule has 4 N–H and O–H groups in total. The van der Waals surface area contributed by atoms with Gasteiger partial charge in [0, 0.05) is 12.1 Å². The molecule has 184 valence electrons. The number of carbonyl (C=O) groups excluding carboxylic acids is 1. The van der Waals surface area contributed by atoms with Crippen molar-refractivity contribution >= 4 is 18.1 Å². The van der Waals surface area contributed by atoms with Crippen LogP contribution >= 0.6 is 0 Å². The minimum absolute atomic E-state index is 0.0795. The maximum absolute atomic E-state index is 12.6. The number of nitrogens with one attached hydrogen (secondary N) is 2. The van der Waals surface area contributed by atoms with E-state index in [9.17, 15) is 4.79 Å². The summed E-state index contributed by atoms with van der Waals surface area (Å²) in [6, 6.07) is 8.34. The van der Waals surface area contributed by atoms with Crippen molar-refractivity contribution in [2.45, 2.75) is 90.7 Å². The van der Waals surface area contributed by atoms with Gasteiger partial charge in [-0.2, -0.15) is 0 Å².